The van der Waals surface area contributed by atoms with Crippen molar-refractivity contribution in [1.29, 1.82) is 0 Å². The number of hydrogen-bond acceptors (Lipinski definition) is 3. The Bertz CT molecular complexity index is 845. The van der Waals surface area contributed by atoms with Crippen molar-refractivity contribution >= 4 is 11.2 Å². The molecule has 0 bridgehead atoms. The first-order valence-electron chi connectivity index (χ1n) is 6.77. The number of aromatic nitrogens is 2. The summed E-state index contributed by atoms with van der Waals surface area (Å²) in [6.07, 6.45) is 1.83. The van der Waals surface area contributed by atoms with Crippen molar-refractivity contribution in [3.05, 3.63) is 72.9 Å². The van der Waals surface area contributed by atoms with Gasteiger partial charge in [0, 0.05) is 17.3 Å². The zero-order valence-electron chi connectivity index (χ0n) is 11.2. The van der Waals surface area contributed by atoms with Gasteiger partial charge in [-0.2, -0.15) is 4.98 Å². The predicted molar refractivity (Wildman–Crippen MR) is 82.7 cm³/mol. The quantitative estimate of drug-likeness (QED) is 0.537. The molecule has 0 radical (unpaired) electrons. The standard InChI is InChI=1S/C18H12N2O/c1-3-7-13(8-4-1)15-11-16-17(19-12-15)20-18(21-16)14-9-5-2-6-10-14/h1-12H. The molecular formula is C18H12N2O. The molecule has 0 saturated heterocycles. The zero-order valence-corrected chi connectivity index (χ0v) is 11.2. The fourth-order valence-electron chi connectivity index (χ4n) is 2.31. The second-order valence-electron chi connectivity index (χ2n) is 4.80. The molecule has 2 heterocycles. The van der Waals surface area contributed by atoms with Crippen LogP contribution in [0.3, 0.4) is 0 Å². The molecule has 4 rings (SSSR count). The second kappa shape index (κ2) is 4.87. The van der Waals surface area contributed by atoms with Crippen LogP contribution in [0, 0.1) is 0 Å². The molecule has 0 aliphatic carbocycles. The van der Waals surface area contributed by atoms with Gasteiger partial charge in [-0.05, 0) is 23.8 Å². The Hall–Kier alpha value is -2.94. The van der Waals surface area contributed by atoms with Gasteiger partial charge in [0.1, 0.15) is 0 Å². The fraction of sp³-hybridized carbons (Fsp3) is 0. The van der Waals surface area contributed by atoms with Crippen molar-refractivity contribution in [1.82, 2.24) is 9.97 Å². The average Bonchev–Trinajstić information content (AvgIpc) is 2.99. The first-order valence-corrected chi connectivity index (χ1v) is 6.77. The summed E-state index contributed by atoms with van der Waals surface area (Å²) < 4.78 is 5.84. The predicted octanol–water partition coefficient (Wildman–Crippen LogP) is 4.56. The van der Waals surface area contributed by atoms with Gasteiger partial charge in [0.25, 0.3) is 0 Å². The summed E-state index contributed by atoms with van der Waals surface area (Å²) in [6.45, 7) is 0. The van der Waals surface area contributed by atoms with E-state index in [1.807, 2.05) is 60.8 Å². The summed E-state index contributed by atoms with van der Waals surface area (Å²) in [7, 11) is 0. The first kappa shape index (κ1) is 11.9. The number of hydrogen-bond donors (Lipinski definition) is 0. The molecule has 0 fully saturated rings. The van der Waals surface area contributed by atoms with Gasteiger partial charge in [-0.25, -0.2) is 4.98 Å². The summed E-state index contributed by atoms with van der Waals surface area (Å²) >= 11 is 0. The molecule has 21 heavy (non-hydrogen) atoms. The van der Waals surface area contributed by atoms with Gasteiger partial charge in [-0.15, -0.1) is 0 Å². The fourth-order valence-corrected chi connectivity index (χ4v) is 2.31. The van der Waals surface area contributed by atoms with Crippen LogP contribution in [-0.4, -0.2) is 9.97 Å². The molecule has 3 nitrogen and oxygen atoms in total. The van der Waals surface area contributed by atoms with Gasteiger partial charge in [0.2, 0.25) is 5.89 Å². The average molecular weight is 272 g/mol. The van der Waals surface area contributed by atoms with E-state index in [0.29, 0.717) is 17.1 Å². The maximum atomic E-state index is 5.84. The van der Waals surface area contributed by atoms with E-state index in [1.54, 1.807) is 0 Å². The number of pyridine rings is 1. The Labute approximate surface area is 121 Å². The van der Waals surface area contributed by atoms with Crippen molar-refractivity contribution in [2.45, 2.75) is 0 Å². The van der Waals surface area contributed by atoms with Crippen LogP contribution >= 0.6 is 0 Å². The van der Waals surface area contributed by atoms with Crippen LogP contribution < -0.4 is 0 Å². The van der Waals surface area contributed by atoms with Crippen molar-refractivity contribution in [2.75, 3.05) is 0 Å². The number of oxazole rings is 1. The van der Waals surface area contributed by atoms with E-state index in [4.69, 9.17) is 4.42 Å². The normalized spacial score (nSPS) is 10.9. The Morgan fingerprint density at radius 2 is 1.38 bits per heavy atom. The SMILES string of the molecule is c1ccc(-c2cnc3nc(-c4ccccc4)oc3c2)cc1. The van der Waals surface area contributed by atoms with Crippen LogP contribution in [0.25, 0.3) is 33.8 Å². The third kappa shape index (κ3) is 2.19. The lowest BCUT2D eigenvalue weighted by molar-refractivity contribution is 0.620. The third-order valence-corrected chi connectivity index (χ3v) is 3.37. The highest BCUT2D eigenvalue weighted by molar-refractivity contribution is 5.78. The van der Waals surface area contributed by atoms with Crippen LogP contribution in [0.5, 0.6) is 0 Å². The van der Waals surface area contributed by atoms with E-state index in [1.165, 1.54) is 0 Å². The summed E-state index contributed by atoms with van der Waals surface area (Å²) in [5.41, 5.74) is 4.43. The van der Waals surface area contributed by atoms with Gasteiger partial charge in [0.05, 0.1) is 0 Å². The lowest BCUT2D eigenvalue weighted by Crippen LogP contribution is -1.81. The summed E-state index contributed by atoms with van der Waals surface area (Å²) in [5, 5.41) is 0. The molecule has 0 atom stereocenters. The Morgan fingerprint density at radius 1 is 0.714 bits per heavy atom. The molecule has 0 amide bonds. The van der Waals surface area contributed by atoms with Crippen molar-refractivity contribution in [3.8, 4) is 22.6 Å². The van der Waals surface area contributed by atoms with E-state index in [0.717, 1.165) is 16.7 Å². The van der Waals surface area contributed by atoms with Gasteiger partial charge in [-0.1, -0.05) is 48.5 Å². The summed E-state index contributed by atoms with van der Waals surface area (Å²) in [6, 6.07) is 22.0. The van der Waals surface area contributed by atoms with E-state index in [9.17, 15) is 0 Å². The lowest BCUT2D eigenvalue weighted by atomic mass is 10.1. The molecule has 0 saturated carbocycles. The van der Waals surface area contributed by atoms with Crippen molar-refractivity contribution in [3.63, 3.8) is 0 Å². The Kier molecular flexibility index (Phi) is 2.75. The Balaban J connectivity index is 1.82. The molecule has 3 heteroatoms. The van der Waals surface area contributed by atoms with Crippen LogP contribution in [0.4, 0.5) is 0 Å². The lowest BCUT2D eigenvalue weighted by Gasteiger charge is -1.99. The minimum Gasteiger partial charge on any atom is -0.434 e. The topological polar surface area (TPSA) is 38.9 Å². The van der Waals surface area contributed by atoms with E-state index < -0.39 is 0 Å². The number of benzene rings is 2. The first-order chi connectivity index (χ1) is 10.4. The summed E-state index contributed by atoms with van der Waals surface area (Å²) in [5.74, 6) is 0.600. The maximum absolute atomic E-state index is 5.84. The Morgan fingerprint density at radius 3 is 2.10 bits per heavy atom. The smallest absolute Gasteiger partial charge is 0.228 e. The van der Waals surface area contributed by atoms with Crippen LogP contribution in [0.15, 0.2) is 77.3 Å². The largest absolute Gasteiger partial charge is 0.434 e. The molecular weight excluding hydrogens is 260 g/mol. The van der Waals surface area contributed by atoms with Gasteiger partial charge in [0.15, 0.2) is 11.2 Å². The van der Waals surface area contributed by atoms with Gasteiger partial charge < -0.3 is 4.42 Å². The van der Waals surface area contributed by atoms with Crippen LogP contribution in [0.2, 0.25) is 0 Å². The summed E-state index contributed by atoms with van der Waals surface area (Å²) in [4.78, 5) is 8.84. The van der Waals surface area contributed by atoms with Gasteiger partial charge in [-0.3, -0.25) is 0 Å². The van der Waals surface area contributed by atoms with Crippen LogP contribution in [0.1, 0.15) is 0 Å². The molecule has 100 valence electrons. The molecule has 0 unspecified atom stereocenters. The number of nitrogens with zero attached hydrogens (tertiary/aromatic N) is 2. The zero-order chi connectivity index (χ0) is 14.1. The molecule has 0 N–H and O–H groups in total. The minimum absolute atomic E-state index is 0.600. The number of rotatable bonds is 2. The molecule has 2 aromatic heterocycles. The van der Waals surface area contributed by atoms with E-state index in [2.05, 4.69) is 22.1 Å². The van der Waals surface area contributed by atoms with E-state index in [-0.39, 0.29) is 0 Å². The highest BCUT2D eigenvalue weighted by Gasteiger charge is 2.10. The molecule has 0 aliphatic rings. The highest BCUT2D eigenvalue weighted by Crippen LogP contribution is 2.26. The minimum atomic E-state index is 0.600. The highest BCUT2D eigenvalue weighted by atomic mass is 16.3. The monoisotopic (exact) mass is 272 g/mol. The van der Waals surface area contributed by atoms with Gasteiger partial charge >= 0.3 is 0 Å². The second-order valence-corrected chi connectivity index (χ2v) is 4.80. The maximum Gasteiger partial charge on any atom is 0.228 e. The molecule has 0 spiro atoms. The van der Waals surface area contributed by atoms with Crippen LogP contribution in [-0.2, 0) is 0 Å². The number of fused-ring (bicyclic) bond motifs is 1. The third-order valence-electron chi connectivity index (χ3n) is 3.37. The molecule has 0 aliphatic heterocycles. The van der Waals surface area contributed by atoms with Crippen molar-refractivity contribution in [2.24, 2.45) is 0 Å². The van der Waals surface area contributed by atoms with E-state index >= 15 is 0 Å². The molecule has 2 aromatic carbocycles. The van der Waals surface area contributed by atoms with Crippen molar-refractivity contribution < 1.29 is 4.42 Å². The molecule has 4 aromatic rings.